The fourth-order valence-corrected chi connectivity index (χ4v) is 2.31. The maximum absolute atomic E-state index is 12.4. The summed E-state index contributed by atoms with van der Waals surface area (Å²) in [5, 5.41) is 2.95. The summed E-state index contributed by atoms with van der Waals surface area (Å²) >= 11 is 0. The van der Waals surface area contributed by atoms with E-state index in [0.717, 1.165) is 11.3 Å². The van der Waals surface area contributed by atoms with E-state index in [1.165, 1.54) is 0 Å². The second-order valence-corrected chi connectivity index (χ2v) is 6.44. The second-order valence-electron chi connectivity index (χ2n) is 6.44. The zero-order chi connectivity index (χ0) is 18.2. The lowest BCUT2D eigenvalue weighted by atomic mass is 10.1. The summed E-state index contributed by atoms with van der Waals surface area (Å²) in [6.45, 7) is 4.40. The van der Waals surface area contributed by atoms with E-state index in [0.29, 0.717) is 12.1 Å². The highest BCUT2D eigenvalue weighted by Crippen LogP contribution is 2.16. The first-order valence-corrected chi connectivity index (χ1v) is 8.49. The van der Waals surface area contributed by atoms with Crippen molar-refractivity contribution in [3.63, 3.8) is 0 Å². The first-order chi connectivity index (χ1) is 12.0. The van der Waals surface area contributed by atoms with Crippen molar-refractivity contribution in [3.8, 4) is 0 Å². The number of anilines is 1. The van der Waals surface area contributed by atoms with Gasteiger partial charge in [-0.2, -0.15) is 5.48 Å². The van der Waals surface area contributed by atoms with Crippen molar-refractivity contribution in [1.82, 2.24) is 10.8 Å². The summed E-state index contributed by atoms with van der Waals surface area (Å²) < 4.78 is 0. The third-order valence-electron chi connectivity index (χ3n) is 3.71. The molecule has 0 aliphatic heterocycles. The molecule has 1 atom stereocenters. The molecule has 0 spiro atoms. The van der Waals surface area contributed by atoms with E-state index in [9.17, 15) is 4.79 Å². The number of carbonyl (C=O) groups is 1. The van der Waals surface area contributed by atoms with E-state index in [2.05, 4.69) is 10.8 Å². The lowest BCUT2D eigenvalue weighted by Gasteiger charge is -2.20. The van der Waals surface area contributed by atoms with Crippen molar-refractivity contribution in [2.24, 2.45) is 0 Å². The number of rotatable bonds is 8. The van der Waals surface area contributed by atoms with E-state index in [4.69, 9.17) is 4.84 Å². The fraction of sp³-hybridized carbons (Fsp3) is 0.350. The normalized spacial score (nSPS) is 12.0. The first-order valence-electron chi connectivity index (χ1n) is 8.49. The molecule has 5 heteroatoms. The van der Waals surface area contributed by atoms with Gasteiger partial charge in [-0.3, -0.25) is 9.63 Å². The van der Waals surface area contributed by atoms with Crippen molar-refractivity contribution in [1.29, 1.82) is 0 Å². The quantitative estimate of drug-likeness (QED) is 0.724. The van der Waals surface area contributed by atoms with Gasteiger partial charge in [0.05, 0.1) is 6.54 Å². The molecule has 1 amide bonds. The third-order valence-corrected chi connectivity index (χ3v) is 3.71. The van der Waals surface area contributed by atoms with Crippen molar-refractivity contribution < 1.29 is 9.63 Å². The minimum absolute atomic E-state index is 0.112. The molecule has 0 aromatic heterocycles. The summed E-state index contributed by atoms with van der Waals surface area (Å²) in [6, 6.07) is 17.6. The van der Waals surface area contributed by atoms with Gasteiger partial charge in [-0.15, -0.1) is 0 Å². The molecule has 0 saturated heterocycles. The molecule has 2 aromatic carbocycles. The van der Waals surface area contributed by atoms with Crippen molar-refractivity contribution in [3.05, 3.63) is 65.7 Å². The van der Waals surface area contributed by atoms with Crippen LogP contribution in [-0.2, 0) is 4.84 Å². The lowest BCUT2D eigenvalue weighted by Crippen LogP contribution is -2.34. The molecule has 0 aliphatic rings. The van der Waals surface area contributed by atoms with Gasteiger partial charge in [0.25, 0.3) is 5.91 Å². The SMILES string of the molecule is CC(C)NOC(CNC(=O)c1ccc(N(C)C)cc1)c1ccccc1. The molecule has 0 bridgehead atoms. The monoisotopic (exact) mass is 341 g/mol. The Kier molecular flexibility index (Phi) is 6.98. The number of nitrogens with zero attached hydrogens (tertiary/aromatic N) is 1. The fourth-order valence-electron chi connectivity index (χ4n) is 2.31. The van der Waals surface area contributed by atoms with Gasteiger partial charge in [0.15, 0.2) is 0 Å². The maximum atomic E-state index is 12.4. The predicted octanol–water partition coefficient (Wildman–Crippen LogP) is 3.15. The van der Waals surface area contributed by atoms with Crippen LogP contribution in [0.1, 0.15) is 35.9 Å². The van der Waals surface area contributed by atoms with Gasteiger partial charge in [-0.1, -0.05) is 30.3 Å². The molecule has 0 fully saturated rings. The average molecular weight is 341 g/mol. The topological polar surface area (TPSA) is 53.6 Å². The Labute approximate surface area is 149 Å². The van der Waals surface area contributed by atoms with Crippen LogP contribution in [0.2, 0.25) is 0 Å². The summed E-state index contributed by atoms with van der Waals surface area (Å²) in [5.41, 5.74) is 5.68. The van der Waals surface area contributed by atoms with Gasteiger partial charge in [0, 0.05) is 31.4 Å². The van der Waals surface area contributed by atoms with Crippen LogP contribution in [0.4, 0.5) is 5.69 Å². The average Bonchev–Trinajstić information content (AvgIpc) is 2.62. The Bertz CT molecular complexity index is 654. The van der Waals surface area contributed by atoms with Crippen LogP contribution >= 0.6 is 0 Å². The molecule has 25 heavy (non-hydrogen) atoms. The van der Waals surface area contributed by atoms with Crippen LogP contribution in [0.5, 0.6) is 0 Å². The Balaban J connectivity index is 2.00. The van der Waals surface area contributed by atoms with Gasteiger partial charge in [-0.25, -0.2) is 0 Å². The summed E-state index contributed by atoms with van der Waals surface area (Å²) in [5.74, 6) is -0.112. The minimum Gasteiger partial charge on any atom is -0.378 e. The van der Waals surface area contributed by atoms with Crippen molar-refractivity contribution >= 4 is 11.6 Å². The molecular formula is C20H27N3O2. The van der Waals surface area contributed by atoms with Crippen LogP contribution < -0.4 is 15.7 Å². The smallest absolute Gasteiger partial charge is 0.251 e. The standard InChI is InChI=1S/C20H27N3O2/c1-15(2)22-25-19(16-8-6-5-7-9-16)14-21-20(24)17-10-12-18(13-11-17)23(3)4/h5-13,15,19,22H,14H2,1-4H3,(H,21,24). The van der Waals surface area contributed by atoms with Crippen LogP contribution in [-0.4, -0.2) is 32.6 Å². The van der Waals surface area contributed by atoms with Gasteiger partial charge in [0.1, 0.15) is 6.10 Å². The van der Waals surface area contributed by atoms with E-state index >= 15 is 0 Å². The van der Waals surface area contributed by atoms with Crippen LogP contribution in [0.15, 0.2) is 54.6 Å². The highest BCUT2D eigenvalue weighted by atomic mass is 16.7. The molecule has 0 aliphatic carbocycles. The van der Waals surface area contributed by atoms with Crippen molar-refractivity contribution in [2.75, 3.05) is 25.5 Å². The minimum atomic E-state index is -0.256. The Hall–Kier alpha value is -2.37. The molecule has 134 valence electrons. The van der Waals surface area contributed by atoms with E-state index < -0.39 is 0 Å². The summed E-state index contributed by atoms with van der Waals surface area (Å²) in [7, 11) is 3.94. The molecule has 1 unspecified atom stereocenters. The Morgan fingerprint density at radius 1 is 1.04 bits per heavy atom. The number of hydrogen-bond acceptors (Lipinski definition) is 4. The number of hydroxylamine groups is 1. The highest BCUT2D eigenvalue weighted by molar-refractivity contribution is 5.94. The lowest BCUT2D eigenvalue weighted by molar-refractivity contribution is -0.0382. The highest BCUT2D eigenvalue weighted by Gasteiger charge is 2.15. The third kappa shape index (κ3) is 5.89. The maximum Gasteiger partial charge on any atom is 0.251 e. The van der Waals surface area contributed by atoms with E-state index in [1.807, 2.05) is 87.4 Å². The van der Waals surface area contributed by atoms with Gasteiger partial charge >= 0.3 is 0 Å². The summed E-state index contributed by atoms with van der Waals surface area (Å²) in [6.07, 6.45) is -0.256. The largest absolute Gasteiger partial charge is 0.378 e. The van der Waals surface area contributed by atoms with E-state index in [-0.39, 0.29) is 18.1 Å². The first kappa shape index (κ1) is 19.0. The molecule has 0 radical (unpaired) electrons. The number of hydrogen-bond donors (Lipinski definition) is 2. The number of carbonyl (C=O) groups excluding carboxylic acids is 1. The molecule has 0 saturated carbocycles. The molecule has 2 aromatic rings. The molecule has 5 nitrogen and oxygen atoms in total. The molecule has 2 N–H and O–H groups in total. The Morgan fingerprint density at radius 2 is 1.68 bits per heavy atom. The van der Waals surface area contributed by atoms with Gasteiger partial charge in [0.2, 0.25) is 0 Å². The van der Waals surface area contributed by atoms with Crippen LogP contribution in [0.25, 0.3) is 0 Å². The van der Waals surface area contributed by atoms with Crippen LogP contribution in [0.3, 0.4) is 0 Å². The second kappa shape index (κ2) is 9.20. The zero-order valence-electron chi connectivity index (χ0n) is 15.3. The summed E-state index contributed by atoms with van der Waals surface area (Å²) in [4.78, 5) is 20.2. The number of benzene rings is 2. The molecular weight excluding hydrogens is 314 g/mol. The van der Waals surface area contributed by atoms with E-state index in [1.54, 1.807) is 0 Å². The van der Waals surface area contributed by atoms with Crippen molar-refractivity contribution in [2.45, 2.75) is 26.0 Å². The number of amides is 1. The molecule has 0 heterocycles. The Morgan fingerprint density at radius 3 is 2.24 bits per heavy atom. The number of nitrogens with one attached hydrogen (secondary N) is 2. The molecule has 2 rings (SSSR count). The van der Waals surface area contributed by atoms with Crippen LogP contribution in [0, 0.1) is 0 Å². The zero-order valence-corrected chi connectivity index (χ0v) is 15.3. The van der Waals surface area contributed by atoms with Gasteiger partial charge < -0.3 is 10.2 Å². The predicted molar refractivity (Wildman–Crippen MR) is 102 cm³/mol. The van der Waals surface area contributed by atoms with Gasteiger partial charge in [-0.05, 0) is 43.7 Å².